The van der Waals surface area contributed by atoms with E-state index in [0.717, 1.165) is 40.6 Å². The summed E-state index contributed by atoms with van der Waals surface area (Å²) in [7, 11) is 3.26. The van der Waals surface area contributed by atoms with Gasteiger partial charge in [-0.2, -0.15) is 0 Å². The number of carbonyl (C=O) groups excluding carboxylic acids is 1. The standard InChI is InChI=1S/C26H31N3O4/c1-26(2,3)33-25(30)29-11-6-7-17(10-12-29)21-16-28-24-20(21)13-19(15-27-24)18-8-9-22(31-4)23(14-18)32-5/h8-10,13-16H,6-7,11-12H2,1-5H3,(H,27,28). The predicted molar refractivity (Wildman–Crippen MR) is 130 cm³/mol. The van der Waals surface area contributed by atoms with Gasteiger partial charge in [-0.15, -0.1) is 0 Å². The van der Waals surface area contributed by atoms with E-state index < -0.39 is 5.60 Å². The highest BCUT2D eigenvalue weighted by atomic mass is 16.6. The molecule has 0 bridgehead atoms. The summed E-state index contributed by atoms with van der Waals surface area (Å²) in [5.74, 6) is 1.37. The van der Waals surface area contributed by atoms with Crippen LogP contribution in [0.3, 0.4) is 0 Å². The van der Waals surface area contributed by atoms with Crippen LogP contribution < -0.4 is 9.47 Å². The molecule has 0 fully saturated rings. The first-order valence-electron chi connectivity index (χ1n) is 11.2. The van der Waals surface area contributed by atoms with Gasteiger partial charge in [0.2, 0.25) is 0 Å². The van der Waals surface area contributed by atoms with Gasteiger partial charge in [-0.25, -0.2) is 9.78 Å². The maximum Gasteiger partial charge on any atom is 0.410 e. The average molecular weight is 450 g/mol. The second-order valence-electron chi connectivity index (χ2n) is 9.15. The van der Waals surface area contributed by atoms with E-state index >= 15 is 0 Å². The summed E-state index contributed by atoms with van der Waals surface area (Å²) < 4.78 is 16.4. The van der Waals surface area contributed by atoms with Crippen molar-refractivity contribution in [3.8, 4) is 22.6 Å². The molecule has 2 aromatic heterocycles. The van der Waals surface area contributed by atoms with Crippen LogP contribution >= 0.6 is 0 Å². The fraction of sp³-hybridized carbons (Fsp3) is 0.385. The number of pyridine rings is 1. The van der Waals surface area contributed by atoms with Crippen molar-refractivity contribution in [3.63, 3.8) is 0 Å². The Morgan fingerprint density at radius 1 is 1.09 bits per heavy atom. The Balaban J connectivity index is 1.63. The molecule has 174 valence electrons. The minimum absolute atomic E-state index is 0.267. The quantitative estimate of drug-likeness (QED) is 0.556. The molecule has 7 heteroatoms. The van der Waals surface area contributed by atoms with Crippen molar-refractivity contribution in [2.45, 2.75) is 39.2 Å². The molecule has 0 saturated heterocycles. The normalized spacial score (nSPS) is 14.6. The van der Waals surface area contributed by atoms with Crippen molar-refractivity contribution >= 4 is 22.7 Å². The zero-order valence-corrected chi connectivity index (χ0v) is 19.9. The topological polar surface area (TPSA) is 76.7 Å². The number of carbonyl (C=O) groups is 1. The van der Waals surface area contributed by atoms with Gasteiger partial charge in [-0.05, 0) is 62.9 Å². The van der Waals surface area contributed by atoms with Gasteiger partial charge in [0.1, 0.15) is 11.2 Å². The lowest BCUT2D eigenvalue weighted by Crippen LogP contribution is -2.37. The highest BCUT2D eigenvalue weighted by molar-refractivity contribution is 5.93. The van der Waals surface area contributed by atoms with Crippen LogP contribution in [0.1, 0.15) is 39.2 Å². The van der Waals surface area contributed by atoms with Gasteiger partial charge < -0.3 is 24.1 Å². The number of benzene rings is 1. The number of allylic oxidation sites excluding steroid dienone is 1. The van der Waals surface area contributed by atoms with Crippen molar-refractivity contribution in [3.05, 3.63) is 48.3 Å². The van der Waals surface area contributed by atoms with E-state index in [1.54, 1.807) is 19.1 Å². The molecule has 0 aliphatic carbocycles. The van der Waals surface area contributed by atoms with E-state index in [-0.39, 0.29) is 6.09 Å². The van der Waals surface area contributed by atoms with Gasteiger partial charge in [0.05, 0.1) is 14.2 Å². The van der Waals surface area contributed by atoms with Gasteiger partial charge >= 0.3 is 6.09 Å². The Hall–Kier alpha value is -3.48. The lowest BCUT2D eigenvalue weighted by molar-refractivity contribution is 0.0273. The lowest BCUT2D eigenvalue weighted by atomic mass is 9.99. The predicted octanol–water partition coefficient (Wildman–Crippen LogP) is 5.66. The minimum atomic E-state index is -0.501. The van der Waals surface area contributed by atoms with Gasteiger partial charge in [-0.1, -0.05) is 12.1 Å². The second-order valence-corrected chi connectivity index (χ2v) is 9.15. The van der Waals surface area contributed by atoms with Crippen LogP contribution in [0.4, 0.5) is 4.79 Å². The van der Waals surface area contributed by atoms with Crippen LogP contribution in [-0.4, -0.2) is 53.9 Å². The number of nitrogens with zero attached hydrogens (tertiary/aromatic N) is 2. The van der Waals surface area contributed by atoms with Gasteiger partial charge in [-0.3, -0.25) is 0 Å². The smallest absolute Gasteiger partial charge is 0.410 e. The summed E-state index contributed by atoms with van der Waals surface area (Å²) in [5, 5.41) is 1.05. The SMILES string of the molecule is COc1ccc(-c2cnc3[nH]cc(C4=CCN(C(=O)OC(C)(C)C)CCC4)c3c2)cc1OC. The Morgan fingerprint density at radius 2 is 1.88 bits per heavy atom. The van der Waals surface area contributed by atoms with E-state index in [9.17, 15) is 4.79 Å². The number of hydrogen-bond acceptors (Lipinski definition) is 5. The molecule has 1 aliphatic rings. The molecule has 1 aliphatic heterocycles. The fourth-order valence-electron chi connectivity index (χ4n) is 4.05. The molecule has 33 heavy (non-hydrogen) atoms. The first kappa shape index (κ1) is 22.7. The summed E-state index contributed by atoms with van der Waals surface area (Å²) in [6.45, 7) is 6.86. The van der Waals surface area contributed by atoms with Crippen LogP contribution in [0.15, 0.2) is 42.7 Å². The minimum Gasteiger partial charge on any atom is -0.493 e. The monoisotopic (exact) mass is 449 g/mol. The van der Waals surface area contributed by atoms with Gasteiger partial charge in [0.25, 0.3) is 0 Å². The first-order chi connectivity index (χ1) is 15.8. The number of amides is 1. The summed E-state index contributed by atoms with van der Waals surface area (Å²) in [4.78, 5) is 22.2. The highest BCUT2D eigenvalue weighted by Crippen LogP contribution is 2.35. The molecule has 0 unspecified atom stereocenters. The number of H-pyrrole nitrogens is 1. The van der Waals surface area contributed by atoms with E-state index in [1.807, 2.05) is 51.4 Å². The third-order valence-electron chi connectivity index (χ3n) is 5.68. The van der Waals surface area contributed by atoms with E-state index in [2.05, 4.69) is 22.1 Å². The summed E-state index contributed by atoms with van der Waals surface area (Å²) in [6, 6.07) is 8.00. The van der Waals surface area contributed by atoms with Crippen molar-refractivity contribution < 1.29 is 19.0 Å². The molecule has 1 N–H and O–H groups in total. The molecular formula is C26H31N3O4. The molecule has 3 heterocycles. The maximum absolute atomic E-state index is 12.5. The van der Waals surface area contributed by atoms with Crippen LogP contribution in [0.2, 0.25) is 0 Å². The third kappa shape index (κ3) is 4.97. The van der Waals surface area contributed by atoms with Crippen molar-refractivity contribution in [2.75, 3.05) is 27.3 Å². The Labute approximate surface area is 194 Å². The van der Waals surface area contributed by atoms with E-state index in [1.165, 1.54) is 5.57 Å². The number of nitrogens with one attached hydrogen (secondary N) is 1. The summed E-state index contributed by atoms with van der Waals surface area (Å²) >= 11 is 0. The van der Waals surface area contributed by atoms with Crippen LogP contribution in [0.5, 0.6) is 11.5 Å². The van der Waals surface area contributed by atoms with Crippen molar-refractivity contribution in [1.82, 2.24) is 14.9 Å². The molecule has 0 saturated carbocycles. The number of hydrogen-bond donors (Lipinski definition) is 1. The number of methoxy groups -OCH3 is 2. The number of rotatable bonds is 4. The summed E-state index contributed by atoms with van der Waals surface area (Å²) in [5.41, 5.74) is 4.65. The lowest BCUT2D eigenvalue weighted by Gasteiger charge is -2.25. The maximum atomic E-state index is 12.5. The molecule has 7 nitrogen and oxygen atoms in total. The molecule has 0 radical (unpaired) electrons. The second kappa shape index (κ2) is 9.17. The van der Waals surface area contributed by atoms with Crippen LogP contribution in [-0.2, 0) is 4.74 Å². The molecule has 0 spiro atoms. The van der Waals surface area contributed by atoms with E-state index in [0.29, 0.717) is 24.6 Å². The highest BCUT2D eigenvalue weighted by Gasteiger charge is 2.23. The Kier molecular flexibility index (Phi) is 6.31. The van der Waals surface area contributed by atoms with Crippen LogP contribution in [0.25, 0.3) is 27.7 Å². The molecule has 1 aromatic carbocycles. The summed E-state index contributed by atoms with van der Waals surface area (Å²) in [6.07, 6.45) is 7.48. The van der Waals surface area contributed by atoms with Gasteiger partial charge in [0.15, 0.2) is 11.5 Å². The van der Waals surface area contributed by atoms with Crippen molar-refractivity contribution in [1.29, 1.82) is 0 Å². The largest absolute Gasteiger partial charge is 0.493 e. The molecular weight excluding hydrogens is 418 g/mol. The van der Waals surface area contributed by atoms with Crippen molar-refractivity contribution in [2.24, 2.45) is 0 Å². The Bertz CT molecular complexity index is 1190. The fourth-order valence-corrected chi connectivity index (χ4v) is 4.05. The molecule has 0 atom stereocenters. The molecule has 1 amide bonds. The van der Waals surface area contributed by atoms with Crippen LogP contribution in [0, 0.1) is 0 Å². The number of ether oxygens (including phenoxy) is 3. The average Bonchev–Trinajstić information content (AvgIpc) is 3.05. The number of aromatic nitrogens is 2. The zero-order valence-electron chi connectivity index (χ0n) is 19.9. The third-order valence-corrected chi connectivity index (χ3v) is 5.68. The first-order valence-corrected chi connectivity index (χ1v) is 11.2. The zero-order chi connectivity index (χ0) is 23.6. The van der Waals surface area contributed by atoms with E-state index in [4.69, 9.17) is 14.2 Å². The molecule has 3 aromatic rings. The van der Waals surface area contributed by atoms with Gasteiger partial charge in [0, 0.05) is 42.0 Å². The number of fused-ring (bicyclic) bond motifs is 1. The Morgan fingerprint density at radius 3 is 2.61 bits per heavy atom. The number of aromatic amines is 1. The molecule has 4 rings (SSSR count).